The van der Waals surface area contributed by atoms with Gasteiger partial charge in [0.05, 0.1) is 6.04 Å². The standard InChI is InChI=1S/C11H21N3/c1-4-9(5-2)8-10(12-3)11-13-6-7-14-11/h6-7,9-10,12H,4-5,8H2,1-3H3,(H,13,14). The van der Waals surface area contributed by atoms with Gasteiger partial charge < -0.3 is 10.3 Å². The van der Waals surface area contributed by atoms with Gasteiger partial charge in [0.1, 0.15) is 5.82 Å². The molecule has 3 nitrogen and oxygen atoms in total. The van der Waals surface area contributed by atoms with Gasteiger partial charge >= 0.3 is 0 Å². The van der Waals surface area contributed by atoms with Gasteiger partial charge in [0.2, 0.25) is 0 Å². The molecule has 0 bridgehead atoms. The lowest BCUT2D eigenvalue weighted by molar-refractivity contribution is 0.377. The minimum Gasteiger partial charge on any atom is -0.347 e. The SMILES string of the molecule is CCC(CC)CC(NC)c1ncc[nH]1. The first-order chi connectivity index (χ1) is 6.81. The van der Waals surface area contributed by atoms with Crippen LogP contribution in [0.15, 0.2) is 12.4 Å². The second kappa shape index (κ2) is 5.81. The van der Waals surface area contributed by atoms with Crippen molar-refractivity contribution in [3.05, 3.63) is 18.2 Å². The van der Waals surface area contributed by atoms with Crippen LogP contribution in [0.3, 0.4) is 0 Å². The van der Waals surface area contributed by atoms with Crippen molar-refractivity contribution < 1.29 is 0 Å². The summed E-state index contributed by atoms with van der Waals surface area (Å²) in [5, 5.41) is 3.31. The number of imidazole rings is 1. The molecule has 0 aliphatic rings. The minimum absolute atomic E-state index is 0.370. The Morgan fingerprint density at radius 3 is 2.57 bits per heavy atom. The second-order valence-electron chi connectivity index (χ2n) is 3.73. The lowest BCUT2D eigenvalue weighted by atomic mass is 9.94. The third-order valence-electron chi connectivity index (χ3n) is 2.92. The smallest absolute Gasteiger partial charge is 0.123 e. The molecule has 1 atom stereocenters. The molecule has 0 saturated heterocycles. The van der Waals surface area contributed by atoms with Crippen LogP contribution in [-0.4, -0.2) is 17.0 Å². The van der Waals surface area contributed by atoms with E-state index in [0.717, 1.165) is 18.2 Å². The predicted octanol–water partition coefficient (Wildman–Crippen LogP) is 2.50. The molecule has 2 N–H and O–H groups in total. The highest BCUT2D eigenvalue weighted by molar-refractivity contribution is 4.95. The molecule has 14 heavy (non-hydrogen) atoms. The number of hydrogen-bond acceptors (Lipinski definition) is 2. The summed E-state index contributed by atoms with van der Waals surface area (Å²) in [6.07, 6.45) is 7.35. The molecule has 0 amide bonds. The van der Waals surface area contributed by atoms with Crippen LogP contribution < -0.4 is 5.32 Å². The minimum atomic E-state index is 0.370. The molecule has 1 aromatic heterocycles. The van der Waals surface area contributed by atoms with E-state index in [1.807, 2.05) is 19.4 Å². The second-order valence-corrected chi connectivity index (χ2v) is 3.73. The van der Waals surface area contributed by atoms with Crippen LogP contribution in [0.25, 0.3) is 0 Å². The molecule has 0 spiro atoms. The van der Waals surface area contributed by atoms with E-state index in [-0.39, 0.29) is 0 Å². The van der Waals surface area contributed by atoms with Gasteiger partial charge in [0, 0.05) is 12.4 Å². The normalized spacial score (nSPS) is 13.4. The van der Waals surface area contributed by atoms with Gasteiger partial charge in [0.15, 0.2) is 0 Å². The summed E-state index contributed by atoms with van der Waals surface area (Å²) in [7, 11) is 2.00. The van der Waals surface area contributed by atoms with Crippen LogP contribution in [0.5, 0.6) is 0 Å². The van der Waals surface area contributed by atoms with Gasteiger partial charge in [-0.25, -0.2) is 4.98 Å². The maximum atomic E-state index is 4.29. The van der Waals surface area contributed by atoms with Crippen molar-refractivity contribution in [3.8, 4) is 0 Å². The Kier molecular flexibility index (Phi) is 4.66. The molecular weight excluding hydrogens is 174 g/mol. The topological polar surface area (TPSA) is 40.7 Å². The summed E-state index contributed by atoms with van der Waals surface area (Å²) in [6, 6.07) is 0.370. The summed E-state index contributed by atoms with van der Waals surface area (Å²) < 4.78 is 0. The largest absolute Gasteiger partial charge is 0.347 e. The Morgan fingerprint density at radius 1 is 1.43 bits per heavy atom. The molecule has 1 rings (SSSR count). The number of aromatic nitrogens is 2. The van der Waals surface area contributed by atoms with E-state index >= 15 is 0 Å². The van der Waals surface area contributed by atoms with Gasteiger partial charge in [-0.1, -0.05) is 26.7 Å². The molecule has 0 radical (unpaired) electrons. The first-order valence-corrected chi connectivity index (χ1v) is 5.48. The molecular formula is C11H21N3. The highest BCUT2D eigenvalue weighted by Crippen LogP contribution is 2.22. The molecule has 0 fully saturated rings. The first kappa shape index (κ1) is 11.2. The maximum absolute atomic E-state index is 4.29. The van der Waals surface area contributed by atoms with E-state index in [1.165, 1.54) is 12.8 Å². The molecule has 0 aliphatic heterocycles. The molecule has 80 valence electrons. The van der Waals surface area contributed by atoms with E-state index in [9.17, 15) is 0 Å². The van der Waals surface area contributed by atoms with Gasteiger partial charge in [-0.2, -0.15) is 0 Å². The molecule has 1 aromatic rings. The van der Waals surface area contributed by atoms with Crippen LogP contribution in [0.4, 0.5) is 0 Å². The monoisotopic (exact) mass is 195 g/mol. The predicted molar refractivity (Wildman–Crippen MR) is 59.1 cm³/mol. The zero-order chi connectivity index (χ0) is 10.4. The summed E-state index contributed by atoms with van der Waals surface area (Å²) >= 11 is 0. The van der Waals surface area contributed by atoms with Crippen molar-refractivity contribution in [2.24, 2.45) is 5.92 Å². The number of aromatic amines is 1. The summed E-state index contributed by atoms with van der Waals surface area (Å²) in [5.41, 5.74) is 0. The quantitative estimate of drug-likeness (QED) is 0.732. The highest BCUT2D eigenvalue weighted by atomic mass is 15.0. The van der Waals surface area contributed by atoms with Crippen LogP contribution in [0, 0.1) is 5.92 Å². The first-order valence-electron chi connectivity index (χ1n) is 5.48. The van der Waals surface area contributed by atoms with Crippen molar-refractivity contribution >= 4 is 0 Å². The van der Waals surface area contributed by atoms with Crippen molar-refractivity contribution in [1.29, 1.82) is 0 Å². The van der Waals surface area contributed by atoms with E-state index in [2.05, 4.69) is 29.1 Å². The molecule has 1 unspecified atom stereocenters. The van der Waals surface area contributed by atoms with Crippen molar-refractivity contribution in [2.45, 2.75) is 39.2 Å². The van der Waals surface area contributed by atoms with Crippen LogP contribution in [0.1, 0.15) is 45.0 Å². The van der Waals surface area contributed by atoms with Gasteiger partial charge in [-0.3, -0.25) is 0 Å². The zero-order valence-electron chi connectivity index (χ0n) is 9.38. The lowest BCUT2D eigenvalue weighted by Crippen LogP contribution is -2.20. The van der Waals surface area contributed by atoms with Gasteiger partial charge in [-0.15, -0.1) is 0 Å². The van der Waals surface area contributed by atoms with Crippen LogP contribution in [-0.2, 0) is 0 Å². The Morgan fingerprint density at radius 2 is 2.14 bits per heavy atom. The molecule has 0 saturated carbocycles. The molecule has 0 aromatic carbocycles. The third kappa shape index (κ3) is 2.84. The van der Waals surface area contributed by atoms with Crippen LogP contribution in [0.2, 0.25) is 0 Å². The Labute approximate surface area is 86.3 Å². The number of H-pyrrole nitrogens is 1. The molecule has 0 aliphatic carbocycles. The number of nitrogens with one attached hydrogen (secondary N) is 2. The zero-order valence-corrected chi connectivity index (χ0v) is 9.38. The fraction of sp³-hybridized carbons (Fsp3) is 0.727. The van der Waals surface area contributed by atoms with Crippen LogP contribution >= 0.6 is 0 Å². The van der Waals surface area contributed by atoms with E-state index in [0.29, 0.717) is 6.04 Å². The van der Waals surface area contributed by atoms with E-state index in [4.69, 9.17) is 0 Å². The van der Waals surface area contributed by atoms with Crippen molar-refractivity contribution in [1.82, 2.24) is 15.3 Å². The van der Waals surface area contributed by atoms with Crippen molar-refractivity contribution in [2.75, 3.05) is 7.05 Å². The molecule has 3 heteroatoms. The highest BCUT2D eigenvalue weighted by Gasteiger charge is 2.15. The fourth-order valence-corrected chi connectivity index (χ4v) is 1.79. The van der Waals surface area contributed by atoms with Gasteiger partial charge in [-0.05, 0) is 19.4 Å². The number of hydrogen-bond donors (Lipinski definition) is 2. The summed E-state index contributed by atoms with van der Waals surface area (Å²) in [5.74, 6) is 1.84. The molecule has 1 heterocycles. The van der Waals surface area contributed by atoms with Crippen molar-refractivity contribution in [3.63, 3.8) is 0 Å². The summed E-state index contributed by atoms with van der Waals surface area (Å²) in [4.78, 5) is 7.46. The Bertz CT molecular complexity index is 227. The number of rotatable bonds is 6. The fourth-order valence-electron chi connectivity index (χ4n) is 1.79. The lowest BCUT2D eigenvalue weighted by Gasteiger charge is -2.19. The Hall–Kier alpha value is -0.830. The Balaban J connectivity index is 2.55. The maximum Gasteiger partial charge on any atom is 0.123 e. The summed E-state index contributed by atoms with van der Waals surface area (Å²) in [6.45, 7) is 4.51. The average Bonchev–Trinajstić information content (AvgIpc) is 2.73. The van der Waals surface area contributed by atoms with E-state index in [1.54, 1.807) is 0 Å². The third-order valence-corrected chi connectivity index (χ3v) is 2.92. The average molecular weight is 195 g/mol. The van der Waals surface area contributed by atoms with E-state index < -0.39 is 0 Å². The number of nitrogens with zero attached hydrogens (tertiary/aromatic N) is 1. The van der Waals surface area contributed by atoms with Gasteiger partial charge in [0.25, 0.3) is 0 Å².